The Bertz CT molecular complexity index is 401. The molecule has 2 aliphatic rings. The van der Waals surface area contributed by atoms with Crippen molar-refractivity contribution in [2.75, 3.05) is 6.61 Å². The standard InChI is InChI=1S/C14H23NO4/c1-13(2,3)5-6-19-11(16)9-7-14(4)8-10(14)15(9)12(17)18/h9-10H,5-8H2,1-4H3,(H,17,18)/t9-,10+,14-/m0/s1. The minimum Gasteiger partial charge on any atom is -0.465 e. The average molecular weight is 269 g/mol. The highest BCUT2D eigenvalue weighted by atomic mass is 16.5. The summed E-state index contributed by atoms with van der Waals surface area (Å²) in [6, 6.07) is -0.605. The maximum absolute atomic E-state index is 12.0. The van der Waals surface area contributed by atoms with E-state index in [4.69, 9.17) is 4.74 Å². The Kier molecular flexibility index (Phi) is 3.27. The molecule has 1 saturated carbocycles. The average Bonchev–Trinajstić information content (AvgIpc) is 2.78. The van der Waals surface area contributed by atoms with Crippen LogP contribution in [0.15, 0.2) is 0 Å². The number of ether oxygens (including phenoxy) is 1. The molecule has 0 unspecified atom stereocenters. The summed E-state index contributed by atoms with van der Waals surface area (Å²) >= 11 is 0. The lowest BCUT2D eigenvalue weighted by atomic mass is 9.93. The fourth-order valence-corrected chi connectivity index (χ4v) is 2.81. The van der Waals surface area contributed by atoms with E-state index in [0.29, 0.717) is 13.0 Å². The minimum absolute atomic E-state index is 0.00478. The number of carbonyl (C=O) groups excluding carboxylic acids is 1. The van der Waals surface area contributed by atoms with E-state index < -0.39 is 12.1 Å². The van der Waals surface area contributed by atoms with Crippen molar-refractivity contribution in [3.63, 3.8) is 0 Å². The van der Waals surface area contributed by atoms with Crippen LogP contribution in [0.4, 0.5) is 4.79 Å². The maximum Gasteiger partial charge on any atom is 0.408 e. The molecule has 1 amide bonds. The van der Waals surface area contributed by atoms with Gasteiger partial charge in [-0.15, -0.1) is 0 Å². The van der Waals surface area contributed by atoms with Gasteiger partial charge in [-0.25, -0.2) is 9.59 Å². The van der Waals surface area contributed by atoms with E-state index in [1.165, 1.54) is 4.90 Å². The van der Waals surface area contributed by atoms with Crippen LogP contribution in [0.2, 0.25) is 0 Å². The van der Waals surface area contributed by atoms with E-state index in [0.717, 1.165) is 12.8 Å². The monoisotopic (exact) mass is 269 g/mol. The second-order valence-electron chi connectivity index (χ2n) is 7.26. The van der Waals surface area contributed by atoms with Crippen LogP contribution in [0, 0.1) is 10.8 Å². The van der Waals surface area contributed by atoms with Crippen LogP contribution in [-0.2, 0) is 9.53 Å². The third kappa shape index (κ3) is 2.85. The van der Waals surface area contributed by atoms with E-state index in [-0.39, 0.29) is 22.8 Å². The van der Waals surface area contributed by atoms with Gasteiger partial charge < -0.3 is 9.84 Å². The highest BCUT2D eigenvalue weighted by Gasteiger charge is 2.65. The number of esters is 1. The molecule has 2 rings (SSSR count). The first-order valence-corrected chi connectivity index (χ1v) is 6.82. The maximum atomic E-state index is 12.0. The number of nitrogens with zero attached hydrogens (tertiary/aromatic N) is 1. The lowest BCUT2D eigenvalue weighted by molar-refractivity contribution is -0.149. The second-order valence-corrected chi connectivity index (χ2v) is 7.26. The largest absolute Gasteiger partial charge is 0.465 e. The third-order valence-corrected chi connectivity index (χ3v) is 4.22. The van der Waals surface area contributed by atoms with Gasteiger partial charge in [-0.2, -0.15) is 0 Å². The Morgan fingerprint density at radius 2 is 2.00 bits per heavy atom. The number of carboxylic acid groups (broad SMARTS) is 1. The molecule has 0 aromatic carbocycles. The number of likely N-dealkylation sites (tertiary alicyclic amines) is 1. The van der Waals surface area contributed by atoms with E-state index in [9.17, 15) is 14.7 Å². The van der Waals surface area contributed by atoms with Crippen LogP contribution >= 0.6 is 0 Å². The normalized spacial score (nSPS) is 32.9. The van der Waals surface area contributed by atoms with E-state index in [1.54, 1.807) is 0 Å². The first-order valence-electron chi connectivity index (χ1n) is 6.82. The van der Waals surface area contributed by atoms with Crippen molar-refractivity contribution in [1.29, 1.82) is 0 Å². The number of hydrogen-bond acceptors (Lipinski definition) is 3. The summed E-state index contributed by atoms with van der Waals surface area (Å²) in [7, 11) is 0. The number of piperidine rings is 1. The topological polar surface area (TPSA) is 66.8 Å². The molecule has 108 valence electrons. The fraction of sp³-hybridized carbons (Fsp3) is 0.857. The molecule has 0 aromatic rings. The third-order valence-electron chi connectivity index (χ3n) is 4.22. The molecule has 0 radical (unpaired) electrons. The summed E-state index contributed by atoms with van der Waals surface area (Å²) < 4.78 is 5.25. The summed E-state index contributed by atoms with van der Waals surface area (Å²) in [6.07, 6.45) is 1.23. The highest BCUT2D eigenvalue weighted by Crippen LogP contribution is 2.59. The quantitative estimate of drug-likeness (QED) is 0.799. The molecule has 2 fully saturated rings. The second kappa shape index (κ2) is 4.39. The summed E-state index contributed by atoms with van der Waals surface area (Å²) in [5, 5.41) is 9.22. The summed E-state index contributed by atoms with van der Waals surface area (Å²) in [5.41, 5.74) is 0.0999. The van der Waals surface area contributed by atoms with Crippen molar-refractivity contribution in [2.24, 2.45) is 10.8 Å². The Labute approximate surface area is 113 Å². The summed E-state index contributed by atoms with van der Waals surface area (Å²) in [6.45, 7) is 8.63. The summed E-state index contributed by atoms with van der Waals surface area (Å²) in [5.74, 6) is -0.389. The molecule has 0 aromatic heterocycles. The van der Waals surface area contributed by atoms with Crippen LogP contribution in [0.3, 0.4) is 0 Å². The van der Waals surface area contributed by atoms with Crippen molar-refractivity contribution < 1.29 is 19.4 Å². The van der Waals surface area contributed by atoms with Gasteiger partial charge in [0.15, 0.2) is 0 Å². The molecule has 19 heavy (non-hydrogen) atoms. The number of amides is 1. The number of rotatable bonds is 3. The molecule has 5 nitrogen and oxygen atoms in total. The van der Waals surface area contributed by atoms with Crippen molar-refractivity contribution in [1.82, 2.24) is 4.90 Å². The van der Waals surface area contributed by atoms with E-state index in [2.05, 4.69) is 20.8 Å². The molecule has 1 aliphatic heterocycles. The van der Waals surface area contributed by atoms with E-state index >= 15 is 0 Å². The molecule has 1 aliphatic carbocycles. The van der Waals surface area contributed by atoms with Gasteiger partial charge in [0.1, 0.15) is 6.04 Å². The van der Waals surface area contributed by atoms with Crippen molar-refractivity contribution >= 4 is 12.1 Å². The van der Waals surface area contributed by atoms with Crippen molar-refractivity contribution in [3.05, 3.63) is 0 Å². The molecule has 1 heterocycles. The van der Waals surface area contributed by atoms with Crippen molar-refractivity contribution in [2.45, 2.75) is 59.0 Å². The van der Waals surface area contributed by atoms with Gasteiger partial charge in [0, 0.05) is 6.04 Å². The van der Waals surface area contributed by atoms with Gasteiger partial charge in [-0.05, 0) is 30.1 Å². The Hall–Kier alpha value is -1.26. The van der Waals surface area contributed by atoms with Gasteiger partial charge >= 0.3 is 12.1 Å². The van der Waals surface area contributed by atoms with Crippen molar-refractivity contribution in [3.8, 4) is 0 Å². The molecule has 1 saturated heterocycles. The molecular formula is C14H23NO4. The predicted octanol–water partition coefficient (Wildman–Crippen LogP) is 2.50. The van der Waals surface area contributed by atoms with Gasteiger partial charge in [-0.3, -0.25) is 4.90 Å². The van der Waals surface area contributed by atoms with Crippen LogP contribution in [0.25, 0.3) is 0 Å². The van der Waals surface area contributed by atoms with Gasteiger partial charge in [0.2, 0.25) is 0 Å². The van der Waals surface area contributed by atoms with Gasteiger partial charge in [-0.1, -0.05) is 27.7 Å². The number of hydrogen-bond donors (Lipinski definition) is 1. The number of carbonyl (C=O) groups is 2. The zero-order valence-corrected chi connectivity index (χ0v) is 12.1. The first-order chi connectivity index (χ1) is 8.64. The summed E-state index contributed by atoms with van der Waals surface area (Å²) in [4.78, 5) is 24.6. The Morgan fingerprint density at radius 3 is 2.53 bits per heavy atom. The van der Waals surface area contributed by atoms with Crippen LogP contribution in [0.1, 0.15) is 47.0 Å². The SMILES string of the molecule is CC(C)(C)CCOC(=O)[C@@H]1C[C@@]2(C)C[C@H]2N1C(=O)O. The molecule has 5 heteroatoms. The van der Waals surface area contributed by atoms with Crippen LogP contribution < -0.4 is 0 Å². The zero-order chi connectivity index (χ0) is 14.4. The molecule has 1 N–H and O–H groups in total. The van der Waals surface area contributed by atoms with E-state index in [1.807, 2.05) is 6.92 Å². The predicted molar refractivity (Wildman–Crippen MR) is 69.8 cm³/mol. The lowest BCUT2D eigenvalue weighted by Crippen LogP contribution is -2.43. The van der Waals surface area contributed by atoms with Crippen LogP contribution in [0.5, 0.6) is 0 Å². The molecule has 3 atom stereocenters. The first kappa shape index (κ1) is 14.2. The smallest absolute Gasteiger partial charge is 0.408 e. The van der Waals surface area contributed by atoms with Gasteiger partial charge in [0.25, 0.3) is 0 Å². The van der Waals surface area contributed by atoms with Gasteiger partial charge in [0.05, 0.1) is 6.61 Å². The molecule has 0 bridgehead atoms. The fourth-order valence-electron chi connectivity index (χ4n) is 2.81. The zero-order valence-electron chi connectivity index (χ0n) is 12.1. The van der Waals surface area contributed by atoms with Crippen LogP contribution in [-0.4, -0.2) is 40.8 Å². The Balaban J connectivity index is 1.90. The molecular weight excluding hydrogens is 246 g/mol. The Morgan fingerprint density at radius 1 is 1.37 bits per heavy atom. The minimum atomic E-state index is -1.01. The lowest BCUT2D eigenvalue weighted by Gasteiger charge is -2.24. The number of fused-ring (bicyclic) bond motifs is 1. The molecule has 0 spiro atoms. The highest BCUT2D eigenvalue weighted by molar-refractivity contribution is 5.82.